The molecule has 0 saturated carbocycles. The number of nitro benzene ring substituents is 1. The van der Waals surface area contributed by atoms with Gasteiger partial charge >= 0.3 is 6.18 Å². The minimum absolute atomic E-state index is 0.137. The summed E-state index contributed by atoms with van der Waals surface area (Å²) < 4.78 is 41.4. The molecule has 240 valence electrons. The highest BCUT2D eigenvalue weighted by atomic mass is 79.9. The number of amides is 2. The zero-order chi connectivity index (χ0) is 33.7. The molecule has 0 saturated heterocycles. The van der Waals surface area contributed by atoms with Gasteiger partial charge in [0, 0.05) is 40.7 Å². The summed E-state index contributed by atoms with van der Waals surface area (Å²) in [5.41, 5.74) is 0.566. The molecule has 0 radical (unpaired) electrons. The highest BCUT2D eigenvalue weighted by Crippen LogP contribution is 2.32. The fraction of sp³-hybridized carbons (Fsp3) is 0.281. The highest BCUT2D eigenvalue weighted by molar-refractivity contribution is 9.10. The fourth-order valence-electron chi connectivity index (χ4n) is 4.25. The Bertz CT molecular complexity index is 1580. The third kappa shape index (κ3) is 9.48. The number of aromatic nitrogens is 2. The molecule has 45 heavy (non-hydrogen) atoms. The first-order valence-corrected chi connectivity index (χ1v) is 15.1. The Morgan fingerprint density at radius 1 is 1.02 bits per heavy atom. The summed E-state index contributed by atoms with van der Waals surface area (Å²) in [5, 5.41) is 17.0. The summed E-state index contributed by atoms with van der Waals surface area (Å²) in [5.74, 6) is -0.481. The van der Waals surface area contributed by atoms with Gasteiger partial charge in [0.1, 0.15) is 11.9 Å². The molecule has 13 heteroatoms. The molecule has 4 aromatic rings. The maximum absolute atomic E-state index is 13.1. The van der Waals surface area contributed by atoms with Gasteiger partial charge in [-0.1, -0.05) is 74.0 Å². The van der Waals surface area contributed by atoms with Crippen molar-refractivity contribution in [1.29, 1.82) is 0 Å². The largest absolute Gasteiger partial charge is 0.416 e. The van der Waals surface area contributed by atoms with Gasteiger partial charge in [-0.15, -0.1) is 0 Å². The summed E-state index contributed by atoms with van der Waals surface area (Å²) >= 11 is 3.42. The van der Waals surface area contributed by atoms with Crippen LogP contribution in [0.2, 0.25) is 0 Å². The summed E-state index contributed by atoms with van der Waals surface area (Å²) in [6, 6.07) is 18.6. The van der Waals surface area contributed by atoms with Gasteiger partial charge in [-0.2, -0.15) is 18.3 Å². The van der Waals surface area contributed by atoms with Crippen LogP contribution in [0.25, 0.3) is 5.69 Å². The number of nitrogens with zero attached hydrogens (tertiary/aromatic N) is 4. The zero-order valence-electron chi connectivity index (χ0n) is 25.5. The van der Waals surface area contributed by atoms with Crippen molar-refractivity contribution in [2.75, 3.05) is 11.4 Å². The second-order valence-corrected chi connectivity index (χ2v) is 9.78. The molecular formula is C32H35BrF3N5O4. The molecule has 3 aromatic carbocycles. The van der Waals surface area contributed by atoms with Crippen LogP contribution in [-0.2, 0) is 17.4 Å². The summed E-state index contributed by atoms with van der Waals surface area (Å²) in [6.45, 7) is 10.1. The van der Waals surface area contributed by atoms with E-state index >= 15 is 0 Å². The van der Waals surface area contributed by atoms with Crippen LogP contribution in [0.3, 0.4) is 0 Å². The number of carbonyl (C=O) groups is 2. The number of nitrogens with one attached hydrogen (secondary N) is 1. The third-order valence-electron chi connectivity index (χ3n) is 6.15. The minimum Gasteiger partial charge on any atom is -0.340 e. The van der Waals surface area contributed by atoms with Gasteiger partial charge in [-0.05, 0) is 43.3 Å². The predicted octanol–water partition coefficient (Wildman–Crippen LogP) is 8.01. The first-order chi connectivity index (χ1) is 21.5. The molecule has 0 fully saturated rings. The standard InChI is InChI=1S/C22H18BrF3N4O2.C6H5NO2.2C2H6/c1-2-29-20-14(12-27-30(20)17-8-4-7-16(23)11-17)10-18(21(29)32)28-19(31)13-5-3-6-15(9-13)22(24,25)26;8-7(9)6-4-2-1-3-5-6;2*1-2/h3-9,11-12,18H,2,10H2,1H3,(H,28,31);1-5H;2*1-2H3. The van der Waals surface area contributed by atoms with E-state index in [1.165, 1.54) is 29.2 Å². The number of para-hydroxylation sites is 1. The lowest BCUT2D eigenvalue weighted by atomic mass is 10.0. The molecule has 5 rings (SSSR count). The number of hydrogen-bond acceptors (Lipinski definition) is 5. The lowest BCUT2D eigenvalue weighted by Gasteiger charge is -2.32. The van der Waals surface area contributed by atoms with E-state index in [1.54, 1.807) is 36.0 Å². The van der Waals surface area contributed by atoms with Crippen molar-refractivity contribution in [3.63, 3.8) is 0 Å². The molecule has 0 spiro atoms. The summed E-state index contributed by atoms with van der Waals surface area (Å²) in [4.78, 5) is 36.9. The van der Waals surface area contributed by atoms with E-state index in [0.29, 0.717) is 12.4 Å². The Morgan fingerprint density at radius 3 is 2.22 bits per heavy atom. The smallest absolute Gasteiger partial charge is 0.340 e. The third-order valence-corrected chi connectivity index (χ3v) is 6.65. The molecule has 9 nitrogen and oxygen atoms in total. The number of benzene rings is 3. The van der Waals surface area contributed by atoms with Crippen LogP contribution >= 0.6 is 15.9 Å². The number of non-ortho nitro benzene ring substituents is 1. The molecule has 1 unspecified atom stereocenters. The van der Waals surface area contributed by atoms with Crippen molar-refractivity contribution in [2.45, 2.75) is 53.3 Å². The molecular weight excluding hydrogens is 655 g/mol. The van der Waals surface area contributed by atoms with E-state index in [2.05, 4.69) is 26.3 Å². The van der Waals surface area contributed by atoms with Gasteiger partial charge in [0.15, 0.2) is 0 Å². The number of rotatable bonds is 5. The van der Waals surface area contributed by atoms with E-state index in [0.717, 1.165) is 27.9 Å². The number of halogens is 4. The molecule has 1 aliphatic rings. The number of carbonyl (C=O) groups excluding carboxylic acids is 2. The van der Waals surface area contributed by atoms with E-state index in [4.69, 9.17) is 0 Å². The van der Waals surface area contributed by atoms with Gasteiger partial charge in [-0.25, -0.2) is 4.68 Å². The Balaban J connectivity index is 0.000000458. The fourth-order valence-corrected chi connectivity index (χ4v) is 4.64. The number of fused-ring (bicyclic) bond motifs is 1. The Hall–Kier alpha value is -4.52. The van der Waals surface area contributed by atoms with E-state index < -0.39 is 28.6 Å². The van der Waals surface area contributed by atoms with Crippen LogP contribution in [0, 0.1) is 10.1 Å². The topological polar surface area (TPSA) is 110 Å². The number of anilines is 1. The molecule has 1 aliphatic heterocycles. The average molecular weight is 691 g/mol. The maximum atomic E-state index is 13.1. The van der Waals surface area contributed by atoms with Gasteiger partial charge in [0.05, 0.1) is 22.4 Å². The highest BCUT2D eigenvalue weighted by Gasteiger charge is 2.37. The first kappa shape index (κ1) is 36.7. The molecule has 1 atom stereocenters. The Labute approximate surface area is 268 Å². The second-order valence-electron chi connectivity index (χ2n) is 8.87. The number of likely N-dealkylation sites (N-methyl/N-ethyl adjacent to an activating group) is 1. The van der Waals surface area contributed by atoms with E-state index in [-0.39, 0.29) is 23.6 Å². The van der Waals surface area contributed by atoms with Crippen LogP contribution in [0.5, 0.6) is 0 Å². The molecule has 0 bridgehead atoms. The predicted molar refractivity (Wildman–Crippen MR) is 171 cm³/mol. The molecule has 2 amide bonds. The summed E-state index contributed by atoms with van der Waals surface area (Å²) in [7, 11) is 0. The lowest BCUT2D eigenvalue weighted by molar-refractivity contribution is -0.384. The van der Waals surface area contributed by atoms with Gasteiger partial charge in [0.25, 0.3) is 17.5 Å². The Kier molecular flexibility index (Phi) is 13.9. The van der Waals surface area contributed by atoms with Crippen molar-refractivity contribution < 1.29 is 27.7 Å². The van der Waals surface area contributed by atoms with Gasteiger partial charge in [-0.3, -0.25) is 24.6 Å². The van der Waals surface area contributed by atoms with E-state index in [9.17, 15) is 32.9 Å². The van der Waals surface area contributed by atoms with Crippen LogP contribution in [0.15, 0.2) is 89.5 Å². The average Bonchev–Trinajstić information content (AvgIpc) is 3.47. The minimum atomic E-state index is -4.56. The first-order valence-electron chi connectivity index (χ1n) is 14.3. The number of hydrogen-bond donors (Lipinski definition) is 1. The molecule has 1 N–H and O–H groups in total. The number of alkyl halides is 3. The van der Waals surface area contributed by atoms with Crippen molar-refractivity contribution in [2.24, 2.45) is 0 Å². The zero-order valence-corrected chi connectivity index (χ0v) is 27.1. The van der Waals surface area contributed by atoms with Crippen molar-refractivity contribution >= 4 is 39.2 Å². The summed E-state index contributed by atoms with van der Waals surface area (Å²) in [6.07, 6.45) is -2.75. The van der Waals surface area contributed by atoms with Crippen molar-refractivity contribution in [3.05, 3.63) is 116 Å². The van der Waals surface area contributed by atoms with Gasteiger partial charge in [0.2, 0.25) is 0 Å². The van der Waals surface area contributed by atoms with Crippen LogP contribution in [0.1, 0.15) is 56.1 Å². The monoisotopic (exact) mass is 689 g/mol. The van der Waals surface area contributed by atoms with E-state index in [1.807, 2.05) is 52.0 Å². The lowest BCUT2D eigenvalue weighted by Crippen LogP contribution is -2.53. The molecule has 0 aliphatic carbocycles. The quantitative estimate of drug-likeness (QED) is 0.169. The van der Waals surface area contributed by atoms with Crippen LogP contribution < -0.4 is 10.2 Å². The van der Waals surface area contributed by atoms with Crippen molar-refractivity contribution in [1.82, 2.24) is 15.1 Å². The second kappa shape index (κ2) is 17.1. The molecule has 2 heterocycles. The number of nitro groups is 1. The maximum Gasteiger partial charge on any atom is 0.416 e. The molecule has 1 aromatic heterocycles. The van der Waals surface area contributed by atoms with Gasteiger partial charge < -0.3 is 5.32 Å². The van der Waals surface area contributed by atoms with Crippen LogP contribution in [0.4, 0.5) is 24.7 Å². The Morgan fingerprint density at radius 2 is 1.67 bits per heavy atom. The SMILES string of the molecule is CC.CC.CCN1C(=O)C(NC(=O)c2cccc(C(F)(F)F)c2)Cc2cnn(-c3cccc(Br)c3)c21.O=[N+]([O-])c1ccccc1. The van der Waals surface area contributed by atoms with Crippen LogP contribution in [-0.4, -0.2) is 39.1 Å². The van der Waals surface area contributed by atoms with Crippen molar-refractivity contribution in [3.8, 4) is 5.69 Å². The normalized spacial score (nSPS) is 13.5.